The van der Waals surface area contributed by atoms with Crippen LogP contribution in [0, 0.1) is 0 Å². The highest BCUT2D eigenvalue weighted by atomic mass is 35.5. The summed E-state index contributed by atoms with van der Waals surface area (Å²) in [4.78, 5) is 6.84. The molecule has 7 heteroatoms. The predicted molar refractivity (Wildman–Crippen MR) is 102 cm³/mol. The molecular formula is C17H24ClN3O2S. The number of thiazole rings is 1. The van der Waals surface area contributed by atoms with Gasteiger partial charge in [-0.2, -0.15) is 0 Å². The molecule has 1 N–H and O–H groups in total. The Bertz CT molecular complexity index is 600. The molecule has 0 amide bonds. The first kappa shape index (κ1) is 19.0. The first-order chi connectivity index (χ1) is 11.3. The van der Waals surface area contributed by atoms with Crippen molar-refractivity contribution in [2.24, 2.45) is 0 Å². The van der Waals surface area contributed by atoms with Gasteiger partial charge in [-0.3, -0.25) is 4.90 Å². The Hall–Kier alpha value is -1.34. The minimum Gasteiger partial charge on any atom is -0.494 e. The van der Waals surface area contributed by atoms with Crippen molar-refractivity contribution in [1.82, 2.24) is 9.88 Å². The van der Waals surface area contributed by atoms with Gasteiger partial charge in [0, 0.05) is 32.2 Å². The van der Waals surface area contributed by atoms with Crippen molar-refractivity contribution in [3.8, 4) is 16.3 Å². The van der Waals surface area contributed by atoms with Crippen LogP contribution in [-0.2, 0) is 4.74 Å². The summed E-state index contributed by atoms with van der Waals surface area (Å²) in [6.45, 7) is 5.61. The number of nitrogens with zero attached hydrogens (tertiary/aromatic N) is 2. The first-order valence-electron chi connectivity index (χ1n) is 8.02. The van der Waals surface area contributed by atoms with Crippen LogP contribution in [0.1, 0.15) is 6.42 Å². The summed E-state index contributed by atoms with van der Waals surface area (Å²) >= 11 is 1.65. The minimum absolute atomic E-state index is 0. The van der Waals surface area contributed by atoms with Gasteiger partial charge in [0.25, 0.3) is 0 Å². The third kappa shape index (κ3) is 5.34. The average Bonchev–Trinajstić information content (AvgIpc) is 3.09. The van der Waals surface area contributed by atoms with Crippen LogP contribution in [0.3, 0.4) is 0 Å². The lowest BCUT2D eigenvalue weighted by Crippen LogP contribution is -2.37. The number of hydrogen-bond acceptors (Lipinski definition) is 6. The highest BCUT2D eigenvalue weighted by Gasteiger charge is 2.09. The van der Waals surface area contributed by atoms with Crippen LogP contribution < -0.4 is 10.1 Å². The van der Waals surface area contributed by atoms with Crippen molar-refractivity contribution >= 4 is 28.7 Å². The summed E-state index contributed by atoms with van der Waals surface area (Å²) in [7, 11) is 1.91. The van der Waals surface area contributed by atoms with E-state index in [1.807, 2.05) is 25.4 Å². The molecule has 1 aliphatic heterocycles. The van der Waals surface area contributed by atoms with Crippen molar-refractivity contribution in [3.05, 3.63) is 30.5 Å². The van der Waals surface area contributed by atoms with Crippen molar-refractivity contribution in [3.63, 3.8) is 0 Å². The normalized spacial score (nSPS) is 14.9. The Labute approximate surface area is 153 Å². The molecule has 1 saturated heterocycles. The zero-order valence-electron chi connectivity index (χ0n) is 13.9. The maximum Gasteiger partial charge on any atom is 0.125 e. The maximum absolute atomic E-state index is 5.83. The highest BCUT2D eigenvalue weighted by Crippen LogP contribution is 2.29. The fourth-order valence-corrected chi connectivity index (χ4v) is 3.29. The second-order valence-electron chi connectivity index (χ2n) is 5.46. The molecule has 1 aliphatic rings. The maximum atomic E-state index is 5.83. The summed E-state index contributed by atoms with van der Waals surface area (Å²) in [6.07, 6.45) is 2.90. The molecule has 0 spiro atoms. The Morgan fingerprint density at radius 1 is 1.25 bits per heavy atom. The van der Waals surface area contributed by atoms with Crippen LogP contribution >= 0.6 is 23.7 Å². The average molecular weight is 370 g/mol. The molecule has 0 atom stereocenters. The molecule has 0 bridgehead atoms. The molecule has 1 fully saturated rings. The fraction of sp³-hybridized carbons (Fsp3) is 0.471. The van der Waals surface area contributed by atoms with Gasteiger partial charge in [0.05, 0.1) is 26.0 Å². The molecule has 1 aromatic heterocycles. The monoisotopic (exact) mass is 369 g/mol. The van der Waals surface area contributed by atoms with E-state index in [-0.39, 0.29) is 12.4 Å². The molecule has 0 saturated carbocycles. The summed E-state index contributed by atoms with van der Waals surface area (Å²) in [6, 6.07) is 8.17. The highest BCUT2D eigenvalue weighted by molar-refractivity contribution is 7.18. The Kier molecular flexibility index (Phi) is 7.78. The van der Waals surface area contributed by atoms with E-state index in [9.17, 15) is 0 Å². The standard InChI is InChI=1S/C17H23N3O2S.ClH/c1-18-16-13-19-17(23-16)14-3-5-15(6-4-14)22-10-2-7-20-8-11-21-12-9-20;/h3-6,13,18H,2,7-12H2,1H3;1H. The van der Waals surface area contributed by atoms with Gasteiger partial charge in [0.2, 0.25) is 0 Å². The zero-order valence-corrected chi connectivity index (χ0v) is 15.5. The number of halogens is 1. The van der Waals surface area contributed by atoms with Crippen LogP contribution in [0.4, 0.5) is 5.00 Å². The van der Waals surface area contributed by atoms with Gasteiger partial charge in [0.15, 0.2) is 0 Å². The number of aromatic nitrogens is 1. The van der Waals surface area contributed by atoms with Gasteiger partial charge in [-0.05, 0) is 30.7 Å². The number of anilines is 1. The number of benzene rings is 1. The Morgan fingerprint density at radius 3 is 2.67 bits per heavy atom. The van der Waals surface area contributed by atoms with Crippen molar-refractivity contribution in [2.45, 2.75) is 6.42 Å². The molecular weight excluding hydrogens is 346 g/mol. The number of morpholine rings is 1. The lowest BCUT2D eigenvalue weighted by Gasteiger charge is -2.26. The Balaban J connectivity index is 0.00000208. The topological polar surface area (TPSA) is 46.6 Å². The fourth-order valence-electron chi connectivity index (χ4n) is 2.52. The number of ether oxygens (including phenoxy) is 2. The second kappa shape index (κ2) is 9.84. The van der Waals surface area contributed by atoms with E-state index in [0.29, 0.717) is 0 Å². The van der Waals surface area contributed by atoms with E-state index >= 15 is 0 Å². The molecule has 2 aromatic rings. The molecule has 5 nitrogen and oxygen atoms in total. The minimum atomic E-state index is 0. The van der Waals surface area contributed by atoms with Crippen molar-refractivity contribution < 1.29 is 9.47 Å². The van der Waals surface area contributed by atoms with E-state index in [2.05, 4.69) is 27.3 Å². The molecule has 24 heavy (non-hydrogen) atoms. The second-order valence-corrected chi connectivity index (χ2v) is 6.49. The van der Waals surface area contributed by atoms with E-state index in [1.54, 1.807) is 11.3 Å². The van der Waals surface area contributed by atoms with E-state index < -0.39 is 0 Å². The van der Waals surface area contributed by atoms with Gasteiger partial charge >= 0.3 is 0 Å². The van der Waals surface area contributed by atoms with Crippen molar-refractivity contribution in [1.29, 1.82) is 0 Å². The summed E-state index contributed by atoms with van der Waals surface area (Å²) in [5.74, 6) is 0.918. The molecule has 0 unspecified atom stereocenters. The number of rotatable bonds is 7. The third-order valence-electron chi connectivity index (χ3n) is 3.84. The zero-order chi connectivity index (χ0) is 15.9. The summed E-state index contributed by atoms with van der Waals surface area (Å²) in [5, 5.41) is 5.20. The molecule has 3 rings (SSSR count). The molecule has 0 aliphatic carbocycles. The molecule has 2 heterocycles. The van der Waals surface area contributed by atoms with Gasteiger partial charge in [-0.15, -0.1) is 12.4 Å². The van der Waals surface area contributed by atoms with Gasteiger partial charge in [0.1, 0.15) is 15.8 Å². The first-order valence-corrected chi connectivity index (χ1v) is 8.84. The largest absolute Gasteiger partial charge is 0.494 e. The smallest absolute Gasteiger partial charge is 0.125 e. The summed E-state index contributed by atoms with van der Waals surface area (Å²) in [5.41, 5.74) is 1.12. The van der Waals surface area contributed by atoms with E-state index in [0.717, 1.165) is 67.2 Å². The lowest BCUT2D eigenvalue weighted by molar-refractivity contribution is 0.0358. The van der Waals surface area contributed by atoms with Crippen molar-refractivity contribution in [2.75, 3.05) is 51.8 Å². The SMILES string of the molecule is CNc1cnc(-c2ccc(OCCCN3CCOCC3)cc2)s1.Cl. The van der Waals surface area contributed by atoms with E-state index in [4.69, 9.17) is 9.47 Å². The quantitative estimate of drug-likeness (QED) is 0.758. The predicted octanol–water partition coefficient (Wildman–Crippen LogP) is 3.37. The number of hydrogen-bond donors (Lipinski definition) is 1. The van der Waals surface area contributed by atoms with Crippen LogP contribution in [0.2, 0.25) is 0 Å². The molecule has 132 valence electrons. The van der Waals surface area contributed by atoms with Crippen LogP contribution in [-0.4, -0.2) is 56.4 Å². The molecule has 0 radical (unpaired) electrons. The van der Waals surface area contributed by atoms with Crippen LogP contribution in [0.15, 0.2) is 30.5 Å². The van der Waals surface area contributed by atoms with E-state index in [1.165, 1.54) is 0 Å². The summed E-state index contributed by atoms with van der Waals surface area (Å²) < 4.78 is 11.2. The van der Waals surface area contributed by atoms with Crippen LogP contribution in [0.5, 0.6) is 5.75 Å². The van der Waals surface area contributed by atoms with Gasteiger partial charge in [-0.1, -0.05) is 11.3 Å². The third-order valence-corrected chi connectivity index (χ3v) is 4.91. The van der Waals surface area contributed by atoms with Crippen LogP contribution in [0.25, 0.3) is 10.6 Å². The molecule has 1 aromatic carbocycles. The van der Waals surface area contributed by atoms with Gasteiger partial charge < -0.3 is 14.8 Å². The Morgan fingerprint density at radius 2 is 2.00 bits per heavy atom. The number of nitrogens with one attached hydrogen (secondary N) is 1. The van der Waals surface area contributed by atoms with Gasteiger partial charge in [-0.25, -0.2) is 4.98 Å². The lowest BCUT2D eigenvalue weighted by atomic mass is 10.2.